The first-order chi connectivity index (χ1) is 13.7. The molecule has 28 heavy (non-hydrogen) atoms. The zero-order valence-corrected chi connectivity index (χ0v) is 17.2. The lowest BCUT2D eigenvalue weighted by atomic mass is 9.75. The van der Waals surface area contributed by atoms with Gasteiger partial charge in [-0.15, -0.1) is 0 Å². The molecular formula is C26H30N2. The average Bonchev–Trinajstić information content (AvgIpc) is 2.74. The molecule has 0 aliphatic heterocycles. The molecule has 0 atom stereocenters. The maximum atomic E-state index is 9.88. The second-order valence-electron chi connectivity index (χ2n) is 8.13. The highest BCUT2D eigenvalue weighted by molar-refractivity contribution is 5.75. The lowest BCUT2D eigenvalue weighted by Gasteiger charge is -2.29. The molecular weight excluding hydrogens is 340 g/mol. The Bertz CT molecular complexity index is 872. The summed E-state index contributed by atoms with van der Waals surface area (Å²) in [6, 6.07) is 17.3. The van der Waals surface area contributed by atoms with E-state index in [0.29, 0.717) is 17.0 Å². The quantitative estimate of drug-likeness (QED) is 0.543. The van der Waals surface area contributed by atoms with E-state index in [1.165, 1.54) is 31.2 Å². The maximum Gasteiger partial charge on any atom is 0.101 e. The molecule has 0 radical (unpaired) electrons. The van der Waals surface area contributed by atoms with E-state index in [2.05, 4.69) is 62.4 Å². The fourth-order valence-electron chi connectivity index (χ4n) is 4.75. The number of aryl methyl sites for hydroxylation is 1. The van der Waals surface area contributed by atoms with Gasteiger partial charge in [0.2, 0.25) is 0 Å². The Morgan fingerprint density at radius 3 is 2.07 bits per heavy atom. The molecule has 1 saturated carbocycles. The molecule has 0 N–H and O–H groups in total. The van der Waals surface area contributed by atoms with Crippen molar-refractivity contribution >= 4 is 0 Å². The molecule has 0 aromatic heterocycles. The summed E-state index contributed by atoms with van der Waals surface area (Å²) in [5.74, 6) is 1.25. The van der Waals surface area contributed by atoms with Crippen LogP contribution in [0.4, 0.5) is 0 Å². The Morgan fingerprint density at radius 1 is 0.821 bits per heavy atom. The molecule has 2 aromatic rings. The summed E-state index contributed by atoms with van der Waals surface area (Å²) in [5.41, 5.74) is 5.43. The zero-order chi connectivity index (χ0) is 19.9. The van der Waals surface area contributed by atoms with Gasteiger partial charge in [0.25, 0.3) is 0 Å². The number of hydrogen-bond acceptors (Lipinski definition) is 2. The van der Waals surface area contributed by atoms with Gasteiger partial charge in [0.15, 0.2) is 0 Å². The van der Waals surface area contributed by atoms with Crippen LogP contribution in [0.1, 0.15) is 87.0 Å². The minimum absolute atomic E-state index is 0.413. The number of rotatable bonds is 6. The molecule has 1 aliphatic carbocycles. The molecule has 1 fully saturated rings. The molecule has 0 spiro atoms. The third-order valence-corrected chi connectivity index (χ3v) is 6.25. The van der Waals surface area contributed by atoms with Crippen molar-refractivity contribution < 1.29 is 0 Å². The van der Waals surface area contributed by atoms with Crippen molar-refractivity contribution in [3.8, 4) is 23.3 Å². The molecule has 0 amide bonds. The van der Waals surface area contributed by atoms with Gasteiger partial charge in [0.1, 0.15) is 12.1 Å². The van der Waals surface area contributed by atoms with E-state index in [0.717, 1.165) is 48.3 Å². The van der Waals surface area contributed by atoms with Gasteiger partial charge in [-0.2, -0.15) is 10.5 Å². The average molecular weight is 371 g/mol. The Labute approximate surface area is 169 Å². The van der Waals surface area contributed by atoms with Gasteiger partial charge in [0.05, 0.1) is 11.1 Å². The lowest BCUT2D eigenvalue weighted by Crippen LogP contribution is -2.14. The van der Waals surface area contributed by atoms with Gasteiger partial charge in [0, 0.05) is 5.56 Å². The van der Waals surface area contributed by atoms with Crippen molar-refractivity contribution in [1.82, 2.24) is 0 Å². The summed E-state index contributed by atoms with van der Waals surface area (Å²) < 4.78 is 0. The van der Waals surface area contributed by atoms with E-state index in [1.54, 1.807) is 0 Å². The van der Waals surface area contributed by atoms with Gasteiger partial charge < -0.3 is 0 Å². The van der Waals surface area contributed by atoms with E-state index in [4.69, 9.17) is 0 Å². The Balaban J connectivity index is 1.91. The van der Waals surface area contributed by atoms with Crippen molar-refractivity contribution in [3.05, 3.63) is 58.7 Å². The summed E-state index contributed by atoms with van der Waals surface area (Å²) in [7, 11) is 0. The third-order valence-electron chi connectivity index (χ3n) is 6.25. The fraction of sp³-hybridized carbons (Fsp3) is 0.462. The van der Waals surface area contributed by atoms with E-state index in [9.17, 15) is 10.5 Å². The summed E-state index contributed by atoms with van der Waals surface area (Å²) in [5, 5.41) is 19.7. The second-order valence-corrected chi connectivity index (χ2v) is 8.13. The van der Waals surface area contributed by atoms with Crippen molar-refractivity contribution in [2.24, 2.45) is 5.92 Å². The van der Waals surface area contributed by atoms with Gasteiger partial charge in [-0.1, -0.05) is 69.5 Å². The standard InChI is InChI=1S/C26H30N2/c1-3-5-19-7-11-21(12-8-19)23-15-16-24(26(18-28)25(23)17-27)22-13-9-20(6-4-2)10-14-22/h7-8,11-12,15-16,20,22H,3-6,9-10,13-14H2,1-2H3/t20-,22-. The molecule has 2 heteroatoms. The van der Waals surface area contributed by atoms with Crippen LogP contribution in [-0.2, 0) is 6.42 Å². The summed E-state index contributed by atoms with van der Waals surface area (Å²) in [4.78, 5) is 0. The summed E-state index contributed by atoms with van der Waals surface area (Å²) >= 11 is 0. The predicted octanol–water partition coefficient (Wildman–Crippen LogP) is 7.12. The molecule has 144 valence electrons. The molecule has 1 aliphatic rings. The van der Waals surface area contributed by atoms with Crippen LogP contribution in [0.25, 0.3) is 11.1 Å². The largest absolute Gasteiger partial charge is 0.192 e. The van der Waals surface area contributed by atoms with E-state index >= 15 is 0 Å². The van der Waals surface area contributed by atoms with E-state index in [-0.39, 0.29) is 0 Å². The van der Waals surface area contributed by atoms with Crippen molar-refractivity contribution in [3.63, 3.8) is 0 Å². The maximum absolute atomic E-state index is 9.88. The van der Waals surface area contributed by atoms with Crippen LogP contribution in [0.15, 0.2) is 36.4 Å². The molecule has 2 aromatic carbocycles. The lowest BCUT2D eigenvalue weighted by molar-refractivity contribution is 0.308. The highest BCUT2D eigenvalue weighted by atomic mass is 14.3. The molecule has 0 saturated heterocycles. The molecule has 3 rings (SSSR count). The van der Waals surface area contributed by atoms with Crippen molar-refractivity contribution in [1.29, 1.82) is 10.5 Å². The summed E-state index contributed by atoms with van der Waals surface area (Å²) in [6.07, 6.45) is 9.50. The van der Waals surface area contributed by atoms with Crippen molar-refractivity contribution in [2.75, 3.05) is 0 Å². The smallest absolute Gasteiger partial charge is 0.101 e. The monoisotopic (exact) mass is 370 g/mol. The van der Waals surface area contributed by atoms with E-state index < -0.39 is 0 Å². The third kappa shape index (κ3) is 4.28. The SMILES string of the molecule is CCCc1ccc(-c2ccc([C@H]3CC[C@H](CCC)CC3)c(C#N)c2C#N)cc1. The molecule has 0 bridgehead atoms. The van der Waals surface area contributed by atoms with Crippen LogP contribution in [0.5, 0.6) is 0 Å². The fourth-order valence-corrected chi connectivity index (χ4v) is 4.75. The zero-order valence-electron chi connectivity index (χ0n) is 17.2. The normalized spacial score (nSPS) is 19.0. The number of hydrogen-bond donors (Lipinski definition) is 0. The number of benzene rings is 2. The minimum atomic E-state index is 0.413. The Kier molecular flexibility index (Phi) is 6.89. The highest BCUT2D eigenvalue weighted by Gasteiger charge is 2.25. The molecule has 0 unspecified atom stereocenters. The van der Waals surface area contributed by atoms with Crippen LogP contribution in [0, 0.1) is 28.6 Å². The molecule has 2 nitrogen and oxygen atoms in total. The number of nitriles is 2. The first kappa shape index (κ1) is 20.2. The first-order valence-corrected chi connectivity index (χ1v) is 10.8. The minimum Gasteiger partial charge on any atom is -0.192 e. The summed E-state index contributed by atoms with van der Waals surface area (Å²) in [6.45, 7) is 4.43. The van der Waals surface area contributed by atoms with Crippen LogP contribution >= 0.6 is 0 Å². The van der Waals surface area contributed by atoms with Crippen LogP contribution in [-0.4, -0.2) is 0 Å². The highest BCUT2D eigenvalue weighted by Crippen LogP contribution is 2.40. The Hall–Kier alpha value is -2.58. The van der Waals surface area contributed by atoms with Gasteiger partial charge >= 0.3 is 0 Å². The molecule has 0 heterocycles. The van der Waals surface area contributed by atoms with Crippen LogP contribution in [0.3, 0.4) is 0 Å². The van der Waals surface area contributed by atoms with E-state index in [1.807, 2.05) is 0 Å². The van der Waals surface area contributed by atoms with Crippen LogP contribution in [0.2, 0.25) is 0 Å². The van der Waals surface area contributed by atoms with Gasteiger partial charge in [-0.05, 0) is 60.6 Å². The Morgan fingerprint density at radius 2 is 1.50 bits per heavy atom. The topological polar surface area (TPSA) is 47.6 Å². The second kappa shape index (κ2) is 9.57. The predicted molar refractivity (Wildman–Crippen MR) is 115 cm³/mol. The van der Waals surface area contributed by atoms with Crippen molar-refractivity contribution in [2.45, 2.75) is 71.1 Å². The van der Waals surface area contributed by atoms with Gasteiger partial charge in [-0.3, -0.25) is 0 Å². The number of nitrogens with zero attached hydrogens (tertiary/aromatic N) is 2. The van der Waals surface area contributed by atoms with Gasteiger partial charge in [-0.25, -0.2) is 0 Å². The van der Waals surface area contributed by atoms with Crippen LogP contribution < -0.4 is 0 Å². The first-order valence-electron chi connectivity index (χ1n) is 10.8.